The number of hydrogen-bond donors (Lipinski definition) is 1. The second-order valence-corrected chi connectivity index (χ2v) is 4.19. The number of aromatic nitrogens is 2. The minimum Gasteiger partial charge on any atom is -0.368 e. The van der Waals surface area contributed by atoms with Gasteiger partial charge < -0.3 is 5.73 Å². The quantitative estimate of drug-likeness (QED) is 0.823. The van der Waals surface area contributed by atoms with E-state index in [9.17, 15) is 4.39 Å². The van der Waals surface area contributed by atoms with Crippen LogP contribution >= 0.6 is 27.5 Å². The normalized spacial score (nSPS) is 10.4. The summed E-state index contributed by atoms with van der Waals surface area (Å²) in [5, 5.41) is 0.229. The van der Waals surface area contributed by atoms with Crippen molar-refractivity contribution in [2.24, 2.45) is 0 Å². The number of nitrogens with two attached hydrogens (primary N) is 1. The van der Waals surface area contributed by atoms with E-state index in [2.05, 4.69) is 25.9 Å². The molecule has 1 aromatic heterocycles. The van der Waals surface area contributed by atoms with Gasteiger partial charge in [-0.15, -0.1) is 0 Å². The van der Waals surface area contributed by atoms with Crippen molar-refractivity contribution in [1.29, 1.82) is 0 Å². The summed E-state index contributed by atoms with van der Waals surface area (Å²) in [4.78, 5) is 7.83. The number of rotatable bonds is 1. The second-order valence-electron chi connectivity index (χ2n) is 3.04. The van der Waals surface area contributed by atoms with E-state index in [0.29, 0.717) is 15.7 Å². The fourth-order valence-electron chi connectivity index (χ4n) is 1.24. The van der Waals surface area contributed by atoms with Crippen LogP contribution < -0.4 is 5.73 Å². The van der Waals surface area contributed by atoms with Gasteiger partial charge in [-0.25, -0.2) is 14.4 Å². The summed E-state index contributed by atoms with van der Waals surface area (Å²) in [5.41, 5.74) is 6.75. The highest BCUT2D eigenvalue weighted by Crippen LogP contribution is 2.31. The Morgan fingerprint density at radius 2 is 1.81 bits per heavy atom. The van der Waals surface area contributed by atoms with Crippen molar-refractivity contribution in [3.05, 3.63) is 39.7 Å². The number of nitrogens with zero attached hydrogens (tertiary/aromatic N) is 2. The fraction of sp³-hybridized carbons (Fsp3) is 0. The first-order valence-electron chi connectivity index (χ1n) is 4.32. The van der Waals surface area contributed by atoms with Crippen molar-refractivity contribution < 1.29 is 4.39 Å². The number of halogens is 3. The van der Waals surface area contributed by atoms with Crippen LogP contribution in [-0.4, -0.2) is 9.97 Å². The molecule has 2 aromatic rings. The highest BCUT2D eigenvalue weighted by atomic mass is 79.9. The smallest absolute Gasteiger partial charge is 0.222 e. The molecule has 0 saturated carbocycles. The molecule has 3 nitrogen and oxygen atoms in total. The van der Waals surface area contributed by atoms with Crippen LogP contribution in [0.2, 0.25) is 5.15 Å². The van der Waals surface area contributed by atoms with E-state index < -0.39 is 0 Å². The van der Waals surface area contributed by atoms with Gasteiger partial charge in [0.25, 0.3) is 0 Å². The van der Waals surface area contributed by atoms with Gasteiger partial charge >= 0.3 is 0 Å². The topological polar surface area (TPSA) is 51.8 Å². The highest BCUT2D eigenvalue weighted by Gasteiger charge is 2.11. The SMILES string of the molecule is Nc1nc(Cl)c(Br)c(-c2ccc(F)cc2)n1. The Kier molecular flexibility index (Phi) is 3.07. The van der Waals surface area contributed by atoms with Crippen LogP contribution in [0.1, 0.15) is 0 Å². The molecule has 0 saturated heterocycles. The minimum atomic E-state index is -0.312. The van der Waals surface area contributed by atoms with Gasteiger partial charge in [-0.3, -0.25) is 0 Å². The Morgan fingerprint density at radius 1 is 1.19 bits per heavy atom. The number of hydrogen-bond acceptors (Lipinski definition) is 3. The van der Waals surface area contributed by atoms with Crippen LogP contribution in [-0.2, 0) is 0 Å². The molecule has 1 aromatic carbocycles. The summed E-state index contributed by atoms with van der Waals surface area (Å²) >= 11 is 9.11. The lowest BCUT2D eigenvalue weighted by Gasteiger charge is -2.05. The molecule has 2 N–H and O–H groups in total. The van der Waals surface area contributed by atoms with E-state index in [1.54, 1.807) is 12.1 Å². The van der Waals surface area contributed by atoms with Crippen molar-refractivity contribution in [2.45, 2.75) is 0 Å². The largest absolute Gasteiger partial charge is 0.368 e. The van der Waals surface area contributed by atoms with E-state index in [1.165, 1.54) is 12.1 Å². The van der Waals surface area contributed by atoms with Crippen molar-refractivity contribution in [3.63, 3.8) is 0 Å². The first-order valence-corrected chi connectivity index (χ1v) is 5.49. The summed E-state index contributed by atoms with van der Waals surface area (Å²) in [6.07, 6.45) is 0. The lowest BCUT2D eigenvalue weighted by Crippen LogP contribution is -1.98. The molecule has 0 aliphatic heterocycles. The van der Waals surface area contributed by atoms with Crippen LogP contribution in [0.5, 0.6) is 0 Å². The van der Waals surface area contributed by atoms with Crippen molar-refractivity contribution in [2.75, 3.05) is 5.73 Å². The zero-order valence-corrected chi connectivity index (χ0v) is 10.3. The third-order valence-corrected chi connectivity index (χ3v) is 3.20. The number of nitrogen functional groups attached to an aromatic ring is 1. The van der Waals surface area contributed by atoms with Crippen LogP contribution in [0, 0.1) is 5.82 Å². The van der Waals surface area contributed by atoms with Gasteiger partial charge in [0.05, 0.1) is 10.2 Å². The van der Waals surface area contributed by atoms with Crippen molar-refractivity contribution >= 4 is 33.5 Å². The maximum atomic E-state index is 12.8. The molecule has 0 spiro atoms. The van der Waals surface area contributed by atoms with Crippen molar-refractivity contribution in [1.82, 2.24) is 9.97 Å². The molecule has 2 rings (SSSR count). The highest BCUT2D eigenvalue weighted by molar-refractivity contribution is 9.10. The zero-order valence-electron chi connectivity index (χ0n) is 7.92. The Hall–Kier alpha value is -1.20. The molecule has 82 valence electrons. The molecule has 1 heterocycles. The predicted octanol–water partition coefficient (Wildman–Crippen LogP) is 3.28. The molecule has 0 amide bonds. The predicted molar refractivity (Wildman–Crippen MR) is 64.5 cm³/mol. The van der Waals surface area contributed by atoms with E-state index in [-0.39, 0.29) is 16.9 Å². The van der Waals surface area contributed by atoms with Crippen LogP contribution in [0.4, 0.5) is 10.3 Å². The van der Waals surface area contributed by atoms with Crippen molar-refractivity contribution in [3.8, 4) is 11.3 Å². The fourth-order valence-corrected chi connectivity index (χ4v) is 1.82. The molecular formula is C10H6BrClFN3. The van der Waals surface area contributed by atoms with Gasteiger partial charge in [-0.05, 0) is 40.2 Å². The monoisotopic (exact) mass is 301 g/mol. The third kappa shape index (κ3) is 2.15. The van der Waals surface area contributed by atoms with Crippen LogP contribution in [0.3, 0.4) is 0 Å². The number of benzene rings is 1. The lowest BCUT2D eigenvalue weighted by atomic mass is 10.1. The minimum absolute atomic E-state index is 0.0764. The summed E-state index contributed by atoms with van der Waals surface area (Å²) in [6.45, 7) is 0. The molecule has 0 bridgehead atoms. The van der Waals surface area contributed by atoms with Gasteiger partial charge in [-0.2, -0.15) is 0 Å². The number of anilines is 1. The molecule has 0 aliphatic carbocycles. The van der Waals surface area contributed by atoms with E-state index in [1.807, 2.05) is 0 Å². The summed E-state index contributed by atoms with van der Waals surface area (Å²) in [7, 11) is 0. The van der Waals surface area contributed by atoms with Gasteiger partial charge in [0, 0.05) is 5.56 Å². The molecule has 0 unspecified atom stereocenters. The molecule has 16 heavy (non-hydrogen) atoms. The first kappa shape index (κ1) is 11.3. The van der Waals surface area contributed by atoms with Gasteiger partial charge in [-0.1, -0.05) is 11.6 Å². The van der Waals surface area contributed by atoms with Crippen LogP contribution in [0.15, 0.2) is 28.7 Å². The van der Waals surface area contributed by atoms with Gasteiger partial charge in [0.15, 0.2) is 0 Å². The maximum absolute atomic E-state index is 12.8. The average molecular weight is 303 g/mol. The Bertz CT molecular complexity index is 530. The standard InChI is InChI=1S/C10H6BrClFN3/c11-7-8(15-10(14)16-9(7)12)5-1-3-6(13)4-2-5/h1-4H,(H2,14,15,16). The zero-order chi connectivity index (χ0) is 11.7. The summed E-state index contributed by atoms with van der Waals surface area (Å²) in [5.74, 6) is -0.236. The van der Waals surface area contributed by atoms with Gasteiger partial charge in [0.2, 0.25) is 5.95 Å². The van der Waals surface area contributed by atoms with E-state index in [0.717, 1.165) is 0 Å². The summed E-state index contributed by atoms with van der Waals surface area (Å²) in [6, 6.07) is 5.87. The summed E-state index contributed by atoms with van der Waals surface area (Å²) < 4.78 is 13.3. The Morgan fingerprint density at radius 3 is 2.44 bits per heavy atom. The Balaban J connectivity index is 2.59. The lowest BCUT2D eigenvalue weighted by molar-refractivity contribution is 0.628. The van der Waals surface area contributed by atoms with Gasteiger partial charge in [0.1, 0.15) is 11.0 Å². The maximum Gasteiger partial charge on any atom is 0.222 e. The second kappa shape index (κ2) is 4.35. The third-order valence-electron chi connectivity index (χ3n) is 1.95. The van der Waals surface area contributed by atoms with E-state index in [4.69, 9.17) is 17.3 Å². The molecular weight excluding hydrogens is 296 g/mol. The van der Waals surface area contributed by atoms with Crippen LogP contribution in [0.25, 0.3) is 11.3 Å². The molecule has 0 atom stereocenters. The molecule has 0 fully saturated rings. The molecule has 6 heteroatoms. The molecule has 0 aliphatic rings. The first-order chi connectivity index (χ1) is 7.58. The van der Waals surface area contributed by atoms with E-state index >= 15 is 0 Å². The molecule has 0 radical (unpaired) electrons. The average Bonchev–Trinajstić information content (AvgIpc) is 2.25. The Labute approximate surface area is 105 Å².